The van der Waals surface area contributed by atoms with Crippen molar-refractivity contribution in [2.45, 2.75) is 20.3 Å². The highest BCUT2D eigenvalue weighted by molar-refractivity contribution is 5.88. The standard InChI is InChI=1S/C13H17NO/c1-4-9-15-13-10(2)14(3)12-8-6-5-7-11(12)13/h5-8H,4,9H2,1-3H3. The molecule has 0 aliphatic carbocycles. The number of rotatable bonds is 3. The van der Waals surface area contributed by atoms with Crippen molar-refractivity contribution < 1.29 is 4.74 Å². The van der Waals surface area contributed by atoms with Gasteiger partial charge in [-0.15, -0.1) is 0 Å². The summed E-state index contributed by atoms with van der Waals surface area (Å²) < 4.78 is 7.98. The van der Waals surface area contributed by atoms with Crippen LogP contribution in [-0.4, -0.2) is 11.2 Å². The minimum Gasteiger partial charge on any atom is -0.491 e. The van der Waals surface area contributed by atoms with Gasteiger partial charge in [0.15, 0.2) is 0 Å². The lowest BCUT2D eigenvalue weighted by Gasteiger charge is -2.04. The number of aromatic nitrogens is 1. The summed E-state index contributed by atoms with van der Waals surface area (Å²) in [6.07, 6.45) is 1.04. The van der Waals surface area contributed by atoms with Crippen LogP contribution in [0.15, 0.2) is 24.3 Å². The van der Waals surface area contributed by atoms with Crippen LogP contribution in [0.5, 0.6) is 5.75 Å². The first-order valence-electron chi connectivity index (χ1n) is 5.42. The van der Waals surface area contributed by atoms with Gasteiger partial charge in [0.1, 0.15) is 5.75 Å². The predicted octanol–water partition coefficient (Wildman–Crippen LogP) is 3.28. The van der Waals surface area contributed by atoms with Crippen molar-refractivity contribution in [1.82, 2.24) is 4.57 Å². The SMILES string of the molecule is CCCOc1c(C)n(C)c2ccccc12. The molecule has 1 aromatic heterocycles. The molecule has 0 atom stereocenters. The quantitative estimate of drug-likeness (QED) is 0.746. The Labute approximate surface area is 90.5 Å². The lowest BCUT2D eigenvalue weighted by atomic mass is 10.2. The molecule has 0 radical (unpaired) electrons. The molecule has 0 spiro atoms. The van der Waals surface area contributed by atoms with Gasteiger partial charge in [-0.1, -0.05) is 19.1 Å². The van der Waals surface area contributed by atoms with Crippen molar-refractivity contribution >= 4 is 10.9 Å². The van der Waals surface area contributed by atoms with E-state index in [9.17, 15) is 0 Å². The van der Waals surface area contributed by atoms with Crippen LogP contribution in [-0.2, 0) is 7.05 Å². The van der Waals surface area contributed by atoms with E-state index in [1.54, 1.807) is 0 Å². The average molecular weight is 203 g/mol. The highest BCUT2D eigenvalue weighted by Crippen LogP contribution is 2.31. The van der Waals surface area contributed by atoms with Gasteiger partial charge in [0, 0.05) is 12.4 Å². The molecule has 2 aromatic rings. The summed E-state index contributed by atoms with van der Waals surface area (Å²) >= 11 is 0. The van der Waals surface area contributed by atoms with Gasteiger partial charge in [0.05, 0.1) is 17.8 Å². The Bertz CT molecular complexity index is 471. The third kappa shape index (κ3) is 1.60. The number of hydrogen-bond acceptors (Lipinski definition) is 1. The summed E-state index contributed by atoms with van der Waals surface area (Å²) in [5, 5.41) is 1.21. The van der Waals surface area contributed by atoms with E-state index in [2.05, 4.69) is 49.7 Å². The van der Waals surface area contributed by atoms with E-state index < -0.39 is 0 Å². The number of fused-ring (bicyclic) bond motifs is 1. The van der Waals surface area contributed by atoms with Gasteiger partial charge in [-0.25, -0.2) is 0 Å². The Morgan fingerprint density at radius 2 is 2.00 bits per heavy atom. The molecule has 0 amide bonds. The van der Waals surface area contributed by atoms with Crippen LogP contribution in [0.1, 0.15) is 19.0 Å². The van der Waals surface area contributed by atoms with Gasteiger partial charge in [-0.3, -0.25) is 0 Å². The molecular formula is C13H17NO. The maximum atomic E-state index is 5.80. The number of ether oxygens (including phenoxy) is 1. The van der Waals surface area contributed by atoms with Crippen LogP contribution in [0.4, 0.5) is 0 Å². The minimum absolute atomic E-state index is 0.787. The molecule has 0 saturated heterocycles. The van der Waals surface area contributed by atoms with Gasteiger partial charge in [-0.05, 0) is 25.5 Å². The minimum atomic E-state index is 0.787. The molecule has 15 heavy (non-hydrogen) atoms. The fourth-order valence-electron chi connectivity index (χ4n) is 1.87. The van der Waals surface area contributed by atoms with Crippen LogP contribution in [0.25, 0.3) is 10.9 Å². The molecule has 2 heteroatoms. The maximum absolute atomic E-state index is 5.80. The number of hydrogen-bond donors (Lipinski definition) is 0. The zero-order chi connectivity index (χ0) is 10.8. The van der Waals surface area contributed by atoms with Gasteiger partial charge in [0.25, 0.3) is 0 Å². The summed E-state index contributed by atoms with van der Waals surface area (Å²) in [6, 6.07) is 8.36. The summed E-state index contributed by atoms with van der Waals surface area (Å²) in [5.74, 6) is 1.04. The normalized spacial score (nSPS) is 10.9. The molecule has 1 heterocycles. The molecule has 0 bridgehead atoms. The van der Waals surface area contributed by atoms with Gasteiger partial charge < -0.3 is 9.30 Å². The highest BCUT2D eigenvalue weighted by Gasteiger charge is 2.11. The smallest absolute Gasteiger partial charge is 0.147 e. The monoisotopic (exact) mass is 203 g/mol. The van der Waals surface area contributed by atoms with Crippen LogP contribution < -0.4 is 4.74 Å². The second kappa shape index (κ2) is 3.97. The first-order chi connectivity index (χ1) is 7.25. The van der Waals surface area contributed by atoms with Gasteiger partial charge >= 0.3 is 0 Å². The molecule has 0 unspecified atom stereocenters. The lowest BCUT2D eigenvalue weighted by Crippen LogP contribution is -1.97. The van der Waals surface area contributed by atoms with Crippen molar-refractivity contribution in [2.24, 2.45) is 7.05 Å². The molecule has 0 fully saturated rings. The Kier molecular flexibility index (Phi) is 2.67. The fraction of sp³-hybridized carbons (Fsp3) is 0.385. The highest BCUT2D eigenvalue weighted by atomic mass is 16.5. The van der Waals surface area contributed by atoms with E-state index in [0.717, 1.165) is 18.8 Å². The molecule has 80 valence electrons. The first-order valence-corrected chi connectivity index (χ1v) is 5.42. The number of aryl methyl sites for hydroxylation is 1. The van der Waals surface area contributed by atoms with E-state index in [4.69, 9.17) is 4.74 Å². The molecule has 2 rings (SSSR count). The lowest BCUT2D eigenvalue weighted by molar-refractivity contribution is 0.318. The second-order valence-electron chi connectivity index (χ2n) is 3.84. The summed E-state index contributed by atoms with van der Waals surface area (Å²) in [7, 11) is 2.08. The fourth-order valence-corrected chi connectivity index (χ4v) is 1.87. The summed E-state index contributed by atoms with van der Waals surface area (Å²) in [6.45, 7) is 5.01. The van der Waals surface area contributed by atoms with Crippen LogP contribution in [0.3, 0.4) is 0 Å². The molecular weight excluding hydrogens is 186 g/mol. The molecule has 0 saturated carbocycles. The largest absolute Gasteiger partial charge is 0.491 e. The summed E-state index contributed by atoms with van der Waals surface area (Å²) in [4.78, 5) is 0. The molecule has 0 aliphatic rings. The van der Waals surface area contributed by atoms with Crippen LogP contribution >= 0.6 is 0 Å². The summed E-state index contributed by atoms with van der Waals surface area (Å²) in [5.41, 5.74) is 2.44. The van der Waals surface area contributed by atoms with Crippen LogP contribution in [0.2, 0.25) is 0 Å². The van der Waals surface area contributed by atoms with E-state index in [-0.39, 0.29) is 0 Å². The Morgan fingerprint density at radius 3 is 2.73 bits per heavy atom. The Balaban J connectivity index is 2.56. The molecule has 2 nitrogen and oxygen atoms in total. The zero-order valence-electron chi connectivity index (χ0n) is 9.58. The van der Waals surface area contributed by atoms with Crippen molar-refractivity contribution in [3.8, 4) is 5.75 Å². The van der Waals surface area contributed by atoms with Crippen molar-refractivity contribution in [3.05, 3.63) is 30.0 Å². The maximum Gasteiger partial charge on any atom is 0.147 e. The Morgan fingerprint density at radius 1 is 1.27 bits per heavy atom. The number of benzene rings is 1. The molecule has 0 aliphatic heterocycles. The average Bonchev–Trinajstić information content (AvgIpc) is 2.51. The van der Waals surface area contributed by atoms with Crippen molar-refractivity contribution in [2.75, 3.05) is 6.61 Å². The predicted molar refractivity (Wildman–Crippen MR) is 63.4 cm³/mol. The van der Waals surface area contributed by atoms with E-state index in [0.29, 0.717) is 0 Å². The van der Waals surface area contributed by atoms with Gasteiger partial charge in [-0.2, -0.15) is 0 Å². The molecule has 1 aromatic carbocycles. The topological polar surface area (TPSA) is 14.2 Å². The van der Waals surface area contributed by atoms with Crippen LogP contribution in [0, 0.1) is 6.92 Å². The second-order valence-corrected chi connectivity index (χ2v) is 3.84. The zero-order valence-corrected chi connectivity index (χ0v) is 9.58. The number of para-hydroxylation sites is 1. The van der Waals surface area contributed by atoms with E-state index in [1.165, 1.54) is 16.6 Å². The van der Waals surface area contributed by atoms with E-state index >= 15 is 0 Å². The third-order valence-corrected chi connectivity index (χ3v) is 2.79. The van der Waals surface area contributed by atoms with Crippen molar-refractivity contribution in [3.63, 3.8) is 0 Å². The van der Waals surface area contributed by atoms with E-state index in [1.807, 2.05) is 0 Å². The van der Waals surface area contributed by atoms with Gasteiger partial charge in [0.2, 0.25) is 0 Å². The number of nitrogens with zero attached hydrogens (tertiary/aromatic N) is 1. The third-order valence-electron chi connectivity index (χ3n) is 2.79. The Hall–Kier alpha value is -1.44. The molecule has 0 N–H and O–H groups in total. The first kappa shape index (κ1) is 10.1. The van der Waals surface area contributed by atoms with Crippen molar-refractivity contribution in [1.29, 1.82) is 0 Å².